The van der Waals surface area contributed by atoms with E-state index < -0.39 is 0 Å². The number of nitrogens with zero attached hydrogens (tertiary/aromatic N) is 2. The molecule has 29 heavy (non-hydrogen) atoms. The van der Waals surface area contributed by atoms with Gasteiger partial charge in [-0.15, -0.1) is 11.3 Å². The van der Waals surface area contributed by atoms with Crippen molar-refractivity contribution in [3.8, 4) is 16.1 Å². The van der Waals surface area contributed by atoms with Crippen molar-refractivity contribution < 1.29 is 0 Å². The quantitative estimate of drug-likeness (QED) is 0.232. The van der Waals surface area contributed by atoms with Crippen LogP contribution in [0.15, 0.2) is 70.6 Å². The van der Waals surface area contributed by atoms with E-state index in [4.69, 9.17) is 10.7 Å². The molecule has 0 aliphatic carbocycles. The van der Waals surface area contributed by atoms with Crippen molar-refractivity contribution >= 4 is 39.0 Å². The van der Waals surface area contributed by atoms with Crippen LogP contribution in [0.3, 0.4) is 0 Å². The molecule has 0 bridgehead atoms. The Bertz CT molecular complexity index is 1100. The topological polar surface area (TPSA) is 60.9 Å². The van der Waals surface area contributed by atoms with E-state index in [0.29, 0.717) is 15.5 Å². The molecule has 4 nitrogen and oxygen atoms in total. The Hall–Kier alpha value is -2.57. The van der Waals surface area contributed by atoms with E-state index in [1.807, 2.05) is 82.5 Å². The van der Waals surface area contributed by atoms with E-state index in [1.54, 1.807) is 16.7 Å². The van der Waals surface area contributed by atoms with Crippen LogP contribution in [0, 0.1) is 0 Å². The highest BCUT2D eigenvalue weighted by Gasteiger charge is 2.15. The van der Waals surface area contributed by atoms with E-state index >= 15 is 0 Å². The van der Waals surface area contributed by atoms with Gasteiger partial charge in [0.25, 0.3) is 5.56 Å². The number of benzene rings is 2. The SMILES string of the molecule is CC.CC.CSc1nc2cc(-c3ccccc3)sc2c(=O)n1-c1ccc(N)cc1. The fourth-order valence-corrected chi connectivity index (χ4v) is 4.28. The Morgan fingerprint density at radius 2 is 1.59 bits per heavy atom. The Labute approximate surface area is 180 Å². The minimum Gasteiger partial charge on any atom is -0.399 e. The number of anilines is 1. The van der Waals surface area contributed by atoms with E-state index in [9.17, 15) is 4.79 Å². The molecule has 4 rings (SSSR count). The lowest BCUT2D eigenvalue weighted by Gasteiger charge is -2.10. The van der Waals surface area contributed by atoms with Crippen molar-refractivity contribution in [2.45, 2.75) is 32.9 Å². The van der Waals surface area contributed by atoms with Gasteiger partial charge in [-0.05, 0) is 42.2 Å². The summed E-state index contributed by atoms with van der Waals surface area (Å²) in [6, 6.07) is 19.3. The second kappa shape index (κ2) is 10.8. The van der Waals surface area contributed by atoms with E-state index in [1.165, 1.54) is 23.1 Å². The third kappa shape index (κ3) is 4.89. The number of hydrogen-bond acceptors (Lipinski definition) is 5. The van der Waals surface area contributed by atoms with Gasteiger partial charge in [-0.3, -0.25) is 9.36 Å². The molecule has 0 radical (unpaired) electrons. The molecule has 152 valence electrons. The lowest BCUT2D eigenvalue weighted by atomic mass is 10.2. The van der Waals surface area contributed by atoms with Crippen molar-refractivity contribution in [1.29, 1.82) is 0 Å². The average Bonchev–Trinajstić information content (AvgIpc) is 3.22. The minimum absolute atomic E-state index is 0.0497. The second-order valence-corrected chi connectivity index (χ2v) is 7.35. The molecule has 0 saturated heterocycles. The zero-order chi connectivity index (χ0) is 21.4. The van der Waals surface area contributed by atoms with Crippen LogP contribution in [-0.4, -0.2) is 15.8 Å². The molecule has 0 aliphatic rings. The average molecular weight is 426 g/mol. The summed E-state index contributed by atoms with van der Waals surface area (Å²) in [4.78, 5) is 18.9. The molecule has 2 aromatic carbocycles. The summed E-state index contributed by atoms with van der Waals surface area (Å²) in [7, 11) is 0. The van der Waals surface area contributed by atoms with Gasteiger partial charge in [0.1, 0.15) is 4.70 Å². The number of thiophene rings is 1. The molecule has 2 heterocycles. The first-order chi connectivity index (χ1) is 14.2. The Morgan fingerprint density at radius 1 is 0.966 bits per heavy atom. The molecule has 0 aliphatic heterocycles. The molecule has 6 heteroatoms. The molecular formula is C23H27N3OS2. The van der Waals surface area contributed by atoms with E-state index in [-0.39, 0.29) is 5.56 Å². The molecule has 0 spiro atoms. The van der Waals surface area contributed by atoms with E-state index in [2.05, 4.69) is 0 Å². The summed E-state index contributed by atoms with van der Waals surface area (Å²) in [6.45, 7) is 8.00. The fourth-order valence-electron chi connectivity index (χ4n) is 2.69. The summed E-state index contributed by atoms with van der Waals surface area (Å²) >= 11 is 2.93. The van der Waals surface area contributed by atoms with Gasteiger partial charge < -0.3 is 5.73 Å². The summed E-state index contributed by atoms with van der Waals surface area (Å²) in [5.74, 6) is 0. The number of nitrogens with two attached hydrogens (primary N) is 1. The standard InChI is InChI=1S/C19H15N3OS2.2C2H6/c1-24-19-21-15-11-16(12-5-3-2-4-6-12)25-17(15)18(23)22(19)14-9-7-13(20)8-10-14;2*1-2/h2-11H,20H2,1H3;2*1-2H3. The second-order valence-electron chi connectivity index (χ2n) is 5.52. The van der Waals surface area contributed by atoms with Crippen LogP contribution in [0.25, 0.3) is 26.3 Å². The maximum atomic E-state index is 13.1. The monoisotopic (exact) mass is 425 g/mol. The Kier molecular flexibility index (Phi) is 8.49. The lowest BCUT2D eigenvalue weighted by molar-refractivity contribution is 0.824. The summed E-state index contributed by atoms with van der Waals surface area (Å²) in [5, 5.41) is 0.666. The number of nitrogen functional groups attached to an aromatic ring is 1. The van der Waals surface area contributed by atoms with Crippen LogP contribution in [0.4, 0.5) is 5.69 Å². The molecule has 0 amide bonds. The maximum absolute atomic E-state index is 13.1. The van der Waals surface area contributed by atoms with Crippen molar-refractivity contribution in [1.82, 2.24) is 9.55 Å². The number of aromatic nitrogens is 2. The third-order valence-corrected chi connectivity index (χ3v) is 5.71. The summed E-state index contributed by atoms with van der Waals surface area (Å²) < 4.78 is 2.31. The largest absolute Gasteiger partial charge is 0.399 e. The third-order valence-electron chi connectivity index (χ3n) is 3.91. The van der Waals surface area contributed by atoms with Gasteiger partial charge in [0.05, 0.1) is 11.2 Å². The Balaban J connectivity index is 0.000000707. The van der Waals surface area contributed by atoms with Crippen LogP contribution < -0.4 is 11.3 Å². The minimum atomic E-state index is -0.0497. The van der Waals surface area contributed by atoms with Crippen molar-refractivity contribution in [3.05, 3.63) is 71.0 Å². The zero-order valence-corrected chi connectivity index (χ0v) is 19.1. The highest BCUT2D eigenvalue weighted by molar-refractivity contribution is 7.98. The highest BCUT2D eigenvalue weighted by Crippen LogP contribution is 2.32. The van der Waals surface area contributed by atoms with Gasteiger partial charge in [-0.2, -0.15) is 0 Å². The molecular weight excluding hydrogens is 398 g/mol. The number of thioether (sulfide) groups is 1. The predicted octanol–water partition coefficient (Wildman–Crippen LogP) is 6.47. The van der Waals surface area contributed by atoms with Gasteiger partial charge in [0, 0.05) is 10.6 Å². The molecule has 0 atom stereocenters. The normalized spacial score (nSPS) is 9.97. The van der Waals surface area contributed by atoms with Gasteiger partial charge in [-0.1, -0.05) is 69.8 Å². The Morgan fingerprint density at radius 3 is 2.17 bits per heavy atom. The van der Waals surface area contributed by atoms with Crippen LogP contribution in [0.2, 0.25) is 0 Å². The lowest BCUT2D eigenvalue weighted by Crippen LogP contribution is -2.20. The highest BCUT2D eigenvalue weighted by atomic mass is 32.2. The van der Waals surface area contributed by atoms with Crippen LogP contribution in [0.1, 0.15) is 27.7 Å². The predicted molar refractivity (Wildman–Crippen MR) is 130 cm³/mol. The molecule has 0 unspecified atom stereocenters. The molecule has 0 fully saturated rings. The van der Waals surface area contributed by atoms with Crippen LogP contribution >= 0.6 is 23.1 Å². The van der Waals surface area contributed by atoms with Gasteiger partial charge in [0.15, 0.2) is 5.16 Å². The van der Waals surface area contributed by atoms with Crippen LogP contribution in [-0.2, 0) is 0 Å². The van der Waals surface area contributed by atoms with E-state index in [0.717, 1.165) is 21.6 Å². The molecule has 0 saturated carbocycles. The van der Waals surface area contributed by atoms with Gasteiger partial charge in [0.2, 0.25) is 0 Å². The summed E-state index contributed by atoms with van der Waals surface area (Å²) in [6.07, 6.45) is 1.92. The summed E-state index contributed by atoms with van der Waals surface area (Å²) in [5.41, 5.74) is 8.99. The first-order valence-corrected chi connectivity index (χ1v) is 11.7. The zero-order valence-electron chi connectivity index (χ0n) is 17.5. The van der Waals surface area contributed by atoms with Crippen molar-refractivity contribution in [3.63, 3.8) is 0 Å². The van der Waals surface area contributed by atoms with Gasteiger partial charge in [-0.25, -0.2) is 4.98 Å². The molecule has 2 N–H and O–H groups in total. The number of hydrogen-bond donors (Lipinski definition) is 1. The van der Waals surface area contributed by atoms with Crippen molar-refractivity contribution in [2.24, 2.45) is 0 Å². The number of fused-ring (bicyclic) bond motifs is 1. The first-order valence-electron chi connectivity index (χ1n) is 9.69. The fraction of sp³-hybridized carbons (Fsp3) is 0.217. The van der Waals surface area contributed by atoms with Gasteiger partial charge >= 0.3 is 0 Å². The molecule has 2 aromatic heterocycles. The maximum Gasteiger partial charge on any atom is 0.276 e. The number of rotatable bonds is 3. The first kappa shape index (κ1) is 22.7. The van der Waals surface area contributed by atoms with Crippen LogP contribution in [0.5, 0.6) is 0 Å². The molecule has 4 aromatic rings. The van der Waals surface area contributed by atoms with Crippen molar-refractivity contribution in [2.75, 3.05) is 12.0 Å². The smallest absolute Gasteiger partial charge is 0.276 e.